The van der Waals surface area contributed by atoms with Crippen molar-refractivity contribution >= 4 is 35.0 Å². The van der Waals surface area contributed by atoms with Crippen LogP contribution in [0.4, 0.5) is 14.5 Å². The molecule has 0 saturated carbocycles. The maximum absolute atomic E-state index is 13.6. The number of carbonyl (C=O) groups excluding carboxylic acids is 1. The van der Waals surface area contributed by atoms with Crippen molar-refractivity contribution in [2.45, 2.75) is 23.5 Å². The number of thioether (sulfide) groups is 1. The number of amides is 1. The summed E-state index contributed by atoms with van der Waals surface area (Å²) in [5.41, 5.74) is -0.414. The topological polar surface area (TPSA) is 29.1 Å². The van der Waals surface area contributed by atoms with Crippen LogP contribution < -0.4 is 5.32 Å². The van der Waals surface area contributed by atoms with E-state index < -0.39 is 28.5 Å². The van der Waals surface area contributed by atoms with Crippen LogP contribution in [0.2, 0.25) is 5.02 Å². The third-order valence-corrected chi connectivity index (χ3v) is 4.59. The van der Waals surface area contributed by atoms with Gasteiger partial charge < -0.3 is 5.32 Å². The number of halogens is 3. The van der Waals surface area contributed by atoms with E-state index in [2.05, 4.69) is 5.32 Å². The molecule has 0 aliphatic rings. The van der Waals surface area contributed by atoms with E-state index in [1.165, 1.54) is 17.8 Å². The molecule has 1 amide bonds. The Labute approximate surface area is 136 Å². The van der Waals surface area contributed by atoms with Crippen LogP contribution in [0.25, 0.3) is 0 Å². The van der Waals surface area contributed by atoms with Gasteiger partial charge in [0.25, 0.3) is 0 Å². The molecule has 116 valence electrons. The Morgan fingerprint density at radius 1 is 1.18 bits per heavy atom. The maximum atomic E-state index is 13.6. The minimum absolute atomic E-state index is 0.414. The lowest BCUT2D eigenvalue weighted by Crippen LogP contribution is -2.25. The van der Waals surface area contributed by atoms with Gasteiger partial charge in [-0.25, -0.2) is 8.78 Å². The highest BCUT2D eigenvalue weighted by molar-refractivity contribution is 8.00. The first-order valence-corrected chi connectivity index (χ1v) is 7.94. The molecule has 0 heterocycles. The molecule has 2 aromatic rings. The van der Waals surface area contributed by atoms with Crippen LogP contribution in [0, 0.1) is 11.6 Å². The SMILES string of the molecule is CC[C@H](Sc1ccc(Cl)cc1)C(=O)Nc1c(F)cccc1F. The van der Waals surface area contributed by atoms with Gasteiger partial charge in [-0.3, -0.25) is 4.79 Å². The van der Waals surface area contributed by atoms with Crippen LogP contribution in [-0.4, -0.2) is 11.2 Å². The minimum Gasteiger partial charge on any atom is -0.320 e. The summed E-state index contributed by atoms with van der Waals surface area (Å²) in [6.07, 6.45) is 0.523. The van der Waals surface area contributed by atoms with E-state index in [1.54, 1.807) is 24.3 Å². The molecule has 2 nitrogen and oxygen atoms in total. The zero-order chi connectivity index (χ0) is 16.1. The molecular formula is C16H14ClF2NOS. The number of carbonyl (C=O) groups is 1. The summed E-state index contributed by atoms with van der Waals surface area (Å²) in [6, 6.07) is 10.5. The highest BCUT2D eigenvalue weighted by atomic mass is 35.5. The first-order chi connectivity index (χ1) is 10.5. The van der Waals surface area contributed by atoms with Gasteiger partial charge in [-0.1, -0.05) is 24.6 Å². The molecule has 0 aromatic heterocycles. The molecule has 1 N–H and O–H groups in total. The summed E-state index contributed by atoms with van der Waals surface area (Å²) >= 11 is 7.14. The Morgan fingerprint density at radius 3 is 2.32 bits per heavy atom. The zero-order valence-corrected chi connectivity index (χ0v) is 13.3. The van der Waals surface area contributed by atoms with Crippen molar-refractivity contribution in [3.63, 3.8) is 0 Å². The number of rotatable bonds is 5. The average molecular weight is 342 g/mol. The lowest BCUT2D eigenvalue weighted by molar-refractivity contribution is -0.115. The molecule has 0 radical (unpaired) electrons. The Hall–Kier alpha value is -1.59. The Kier molecular flexibility index (Phi) is 5.80. The van der Waals surface area contributed by atoms with E-state index >= 15 is 0 Å². The van der Waals surface area contributed by atoms with Crippen LogP contribution in [0.15, 0.2) is 47.4 Å². The molecule has 0 fully saturated rings. The van der Waals surface area contributed by atoms with Crippen LogP contribution in [0.3, 0.4) is 0 Å². The van der Waals surface area contributed by atoms with Crippen molar-refractivity contribution in [3.05, 3.63) is 59.1 Å². The van der Waals surface area contributed by atoms with Crippen molar-refractivity contribution in [2.24, 2.45) is 0 Å². The second-order valence-corrected chi connectivity index (χ2v) is 6.27. The summed E-state index contributed by atoms with van der Waals surface area (Å²) in [5, 5.41) is 2.47. The standard InChI is InChI=1S/C16H14ClF2NOS/c1-2-14(22-11-8-6-10(17)7-9-11)16(21)20-15-12(18)4-3-5-13(15)19/h3-9,14H,2H2,1H3,(H,20,21)/t14-/m0/s1. The molecular weight excluding hydrogens is 328 g/mol. The van der Waals surface area contributed by atoms with Gasteiger partial charge >= 0.3 is 0 Å². The number of hydrogen-bond donors (Lipinski definition) is 1. The lowest BCUT2D eigenvalue weighted by atomic mass is 10.2. The van der Waals surface area contributed by atoms with Gasteiger partial charge in [-0.05, 0) is 42.8 Å². The molecule has 0 aliphatic heterocycles. The molecule has 1 atom stereocenters. The number of anilines is 1. The van der Waals surface area contributed by atoms with Crippen LogP contribution in [0.5, 0.6) is 0 Å². The Balaban J connectivity index is 2.10. The normalized spacial score (nSPS) is 12.0. The molecule has 0 spiro atoms. The fourth-order valence-electron chi connectivity index (χ4n) is 1.82. The van der Waals surface area contributed by atoms with E-state index in [4.69, 9.17) is 11.6 Å². The predicted molar refractivity (Wildman–Crippen MR) is 86.4 cm³/mol. The lowest BCUT2D eigenvalue weighted by Gasteiger charge is -2.15. The molecule has 0 bridgehead atoms. The second kappa shape index (κ2) is 7.61. The predicted octanol–water partition coefficient (Wildman–Crippen LogP) is 5.13. The van der Waals surface area contributed by atoms with Crippen LogP contribution in [0.1, 0.15) is 13.3 Å². The van der Waals surface area contributed by atoms with Crippen LogP contribution in [-0.2, 0) is 4.79 Å². The highest BCUT2D eigenvalue weighted by Gasteiger charge is 2.20. The third kappa shape index (κ3) is 4.21. The first kappa shape index (κ1) is 16.8. The molecule has 2 rings (SSSR count). The van der Waals surface area contributed by atoms with Crippen molar-refractivity contribution in [3.8, 4) is 0 Å². The largest absolute Gasteiger partial charge is 0.320 e. The highest BCUT2D eigenvalue weighted by Crippen LogP contribution is 2.28. The number of benzene rings is 2. The minimum atomic E-state index is -0.792. The van der Waals surface area contributed by atoms with Gasteiger partial charge in [-0.2, -0.15) is 0 Å². The summed E-state index contributed by atoms with van der Waals surface area (Å²) in [4.78, 5) is 13.1. The monoisotopic (exact) mass is 341 g/mol. The van der Waals surface area contributed by atoms with Gasteiger partial charge in [0.1, 0.15) is 17.3 Å². The van der Waals surface area contributed by atoms with E-state index in [9.17, 15) is 13.6 Å². The Morgan fingerprint density at radius 2 is 1.77 bits per heavy atom. The zero-order valence-electron chi connectivity index (χ0n) is 11.8. The molecule has 0 unspecified atom stereocenters. The molecule has 0 aliphatic carbocycles. The smallest absolute Gasteiger partial charge is 0.238 e. The summed E-state index contributed by atoms with van der Waals surface area (Å²) in [7, 11) is 0. The number of hydrogen-bond acceptors (Lipinski definition) is 2. The molecule has 6 heteroatoms. The second-order valence-electron chi connectivity index (χ2n) is 4.55. The van der Waals surface area contributed by atoms with Gasteiger partial charge in [-0.15, -0.1) is 11.8 Å². The summed E-state index contributed by atoms with van der Waals surface area (Å²) in [6.45, 7) is 1.84. The van der Waals surface area contributed by atoms with E-state index in [-0.39, 0.29) is 0 Å². The van der Waals surface area contributed by atoms with Gasteiger partial charge in [0.2, 0.25) is 5.91 Å². The summed E-state index contributed by atoms with van der Waals surface area (Å²) in [5.74, 6) is -2.02. The fourth-order valence-corrected chi connectivity index (χ4v) is 2.90. The molecule has 0 saturated heterocycles. The number of para-hydroxylation sites is 1. The fraction of sp³-hybridized carbons (Fsp3) is 0.188. The van der Waals surface area contributed by atoms with Gasteiger partial charge in [0.15, 0.2) is 0 Å². The van der Waals surface area contributed by atoms with E-state index in [0.717, 1.165) is 17.0 Å². The third-order valence-electron chi connectivity index (χ3n) is 2.97. The quantitative estimate of drug-likeness (QED) is 0.764. The first-order valence-electron chi connectivity index (χ1n) is 6.68. The van der Waals surface area contributed by atoms with Crippen molar-refractivity contribution < 1.29 is 13.6 Å². The Bertz CT molecular complexity index is 643. The maximum Gasteiger partial charge on any atom is 0.238 e. The van der Waals surface area contributed by atoms with Crippen molar-refractivity contribution in [1.29, 1.82) is 0 Å². The average Bonchev–Trinajstić information content (AvgIpc) is 2.50. The van der Waals surface area contributed by atoms with Crippen molar-refractivity contribution in [2.75, 3.05) is 5.32 Å². The molecule has 22 heavy (non-hydrogen) atoms. The van der Waals surface area contributed by atoms with Gasteiger partial charge in [0.05, 0.1) is 5.25 Å². The van der Waals surface area contributed by atoms with E-state index in [0.29, 0.717) is 11.4 Å². The van der Waals surface area contributed by atoms with E-state index in [1.807, 2.05) is 6.92 Å². The number of nitrogens with one attached hydrogen (secondary N) is 1. The molecule has 2 aromatic carbocycles. The van der Waals surface area contributed by atoms with Crippen molar-refractivity contribution in [1.82, 2.24) is 0 Å². The summed E-state index contributed by atoms with van der Waals surface area (Å²) < 4.78 is 27.1. The van der Waals surface area contributed by atoms with Crippen LogP contribution >= 0.6 is 23.4 Å². The van der Waals surface area contributed by atoms with Gasteiger partial charge in [0, 0.05) is 9.92 Å².